The Hall–Kier alpha value is -2.31. The zero-order chi connectivity index (χ0) is 18.5. The lowest BCUT2D eigenvalue weighted by Crippen LogP contribution is -2.36. The van der Waals surface area contributed by atoms with E-state index in [-0.39, 0.29) is 11.9 Å². The first-order valence-electron chi connectivity index (χ1n) is 8.54. The van der Waals surface area contributed by atoms with Crippen LogP contribution in [-0.2, 0) is 9.53 Å². The van der Waals surface area contributed by atoms with Crippen molar-refractivity contribution in [1.29, 1.82) is 0 Å². The van der Waals surface area contributed by atoms with Crippen molar-refractivity contribution in [2.45, 2.75) is 25.0 Å². The molecular formula is C20H23N3O2S. The molecule has 0 unspecified atom stereocenters. The Morgan fingerprint density at radius 1 is 1.27 bits per heavy atom. The number of methoxy groups -OCH3 is 1. The van der Waals surface area contributed by atoms with Gasteiger partial charge in [-0.3, -0.25) is 9.36 Å². The third-order valence-corrected chi connectivity index (χ3v) is 4.88. The minimum Gasteiger partial charge on any atom is -0.383 e. The van der Waals surface area contributed by atoms with Crippen LogP contribution in [-0.4, -0.2) is 41.0 Å². The third-order valence-electron chi connectivity index (χ3n) is 3.95. The highest BCUT2D eigenvalue weighted by Gasteiger charge is 2.15. The highest BCUT2D eigenvalue weighted by Crippen LogP contribution is 2.28. The molecule has 0 saturated heterocycles. The fraction of sp³-hybridized carbons (Fsp3) is 0.300. The van der Waals surface area contributed by atoms with Gasteiger partial charge in [0.1, 0.15) is 0 Å². The SMILES string of the molecule is COC[C@H](C)NC(=O)CSc1nc2ccccc2n1-c1cccc(C)c1. The van der Waals surface area contributed by atoms with Gasteiger partial charge in [-0.1, -0.05) is 36.0 Å². The summed E-state index contributed by atoms with van der Waals surface area (Å²) in [6.45, 7) is 4.49. The summed E-state index contributed by atoms with van der Waals surface area (Å²) in [6, 6.07) is 16.3. The van der Waals surface area contributed by atoms with Crippen molar-refractivity contribution in [3.05, 3.63) is 54.1 Å². The van der Waals surface area contributed by atoms with Gasteiger partial charge < -0.3 is 10.1 Å². The van der Waals surface area contributed by atoms with Crippen LogP contribution in [0.25, 0.3) is 16.7 Å². The monoisotopic (exact) mass is 369 g/mol. The molecule has 3 aromatic rings. The molecule has 0 aliphatic rings. The molecule has 0 aliphatic heterocycles. The van der Waals surface area contributed by atoms with Crippen molar-refractivity contribution in [1.82, 2.24) is 14.9 Å². The number of aryl methyl sites for hydroxylation is 1. The fourth-order valence-electron chi connectivity index (χ4n) is 2.86. The molecule has 0 bridgehead atoms. The van der Waals surface area contributed by atoms with Crippen molar-refractivity contribution in [2.75, 3.05) is 19.5 Å². The van der Waals surface area contributed by atoms with Crippen LogP contribution >= 0.6 is 11.8 Å². The molecule has 1 N–H and O–H groups in total. The van der Waals surface area contributed by atoms with Crippen LogP contribution < -0.4 is 5.32 Å². The van der Waals surface area contributed by atoms with Crippen molar-refractivity contribution in [2.24, 2.45) is 0 Å². The van der Waals surface area contributed by atoms with Gasteiger partial charge in [-0.15, -0.1) is 0 Å². The summed E-state index contributed by atoms with van der Waals surface area (Å²) in [5, 5.41) is 3.74. The Kier molecular flexibility index (Phi) is 5.96. The third kappa shape index (κ3) is 4.26. The van der Waals surface area contributed by atoms with Crippen molar-refractivity contribution in [3.63, 3.8) is 0 Å². The van der Waals surface area contributed by atoms with E-state index in [0.29, 0.717) is 12.4 Å². The van der Waals surface area contributed by atoms with Crippen LogP contribution in [0.2, 0.25) is 0 Å². The Labute approximate surface area is 157 Å². The van der Waals surface area contributed by atoms with Gasteiger partial charge in [0.2, 0.25) is 5.91 Å². The summed E-state index contributed by atoms with van der Waals surface area (Å²) < 4.78 is 7.17. The second kappa shape index (κ2) is 8.38. The lowest BCUT2D eigenvalue weighted by Gasteiger charge is -2.13. The van der Waals surface area contributed by atoms with Gasteiger partial charge in [-0.2, -0.15) is 0 Å². The van der Waals surface area contributed by atoms with E-state index in [2.05, 4.69) is 41.1 Å². The summed E-state index contributed by atoms with van der Waals surface area (Å²) in [4.78, 5) is 16.9. The summed E-state index contributed by atoms with van der Waals surface area (Å²) in [5.41, 5.74) is 4.19. The van der Waals surface area contributed by atoms with Crippen molar-refractivity contribution in [3.8, 4) is 5.69 Å². The molecule has 1 amide bonds. The Bertz CT molecular complexity index is 907. The van der Waals surface area contributed by atoms with Crippen molar-refractivity contribution >= 4 is 28.7 Å². The number of hydrogen-bond donors (Lipinski definition) is 1. The van der Waals surface area contributed by atoms with E-state index in [1.54, 1.807) is 7.11 Å². The highest BCUT2D eigenvalue weighted by atomic mass is 32.2. The predicted molar refractivity (Wildman–Crippen MR) is 106 cm³/mol. The molecule has 0 spiro atoms. The number of thioether (sulfide) groups is 1. The van der Waals surface area contributed by atoms with E-state index in [4.69, 9.17) is 9.72 Å². The number of carbonyl (C=O) groups is 1. The molecule has 0 fully saturated rings. The van der Waals surface area contributed by atoms with E-state index in [1.807, 2.05) is 31.2 Å². The number of hydrogen-bond acceptors (Lipinski definition) is 4. The van der Waals surface area contributed by atoms with E-state index in [9.17, 15) is 4.79 Å². The van der Waals surface area contributed by atoms with Gasteiger partial charge in [0.05, 0.1) is 23.4 Å². The van der Waals surface area contributed by atoms with Crippen LogP contribution in [0.4, 0.5) is 0 Å². The zero-order valence-electron chi connectivity index (χ0n) is 15.2. The smallest absolute Gasteiger partial charge is 0.230 e. The van der Waals surface area contributed by atoms with Gasteiger partial charge in [-0.25, -0.2) is 4.98 Å². The van der Waals surface area contributed by atoms with Crippen LogP contribution in [0, 0.1) is 6.92 Å². The number of rotatable bonds is 7. The minimum atomic E-state index is -0.0256. The number of fused-ring (bicyclic) bond motifs is 1. The number of aromatic nitrogens is 2. The standard InChI is InChI=1S/C20H23N3O2S/c1-14-7-6-8-16(11-14)23-18-10-5-4-9-17(18)22-20(23)26-13-19(24)21-15(2)12-25-3/h4-11,15H,12-13H2,1-3H3,(H,21,24)/t15-/m0/s1. The predicted octanol–water partition coefficient (Wildman–Crippen LogP) is 3.58. The number of carbonyl (C=O) groups excluding carboxylic acids is 1. The van der Waals surface area contributed by atoms with Crippen LogP contribution in [0.3, 0.4) is 0 Å². The van der Waals surface area contributed by atoms with Gasteiger partial charge in [-0.05, 0) is 43.7 Å². The Balaban J connectivity index is 1.86. The van der Waals surface area contributed by atoms with Gasteiger partial charge in [0.15, 0.2) is 5.16 Å². The van der Waals surface area contributed by atoms with E-state index in [0.717, 1.165) is 21.9 Å². The molecule has 1 atom stereocenters. The summed E-state index contributed by atoms with van der Waals surface area (Å²) >= 11 is 1.44. The minimum absolute atomic E-state index is 0.0105. The van der Waals surface area contributed by atoms with Gasteiger partial charge >= 0.3 is 0 Å². The van der Waals surface area contributed by atoms with Gasteiger partial charge in [0.25, 0.3) is 0 Å². The van der Waals surface area contributed by atoms with E-state index >= 15 is 0 Å². The maximum absolute atomic E-state index is 12.2. The average Bonchev–Trinajstić information content (AvgIpc) is 2.98. The topological polar surface area (TPSA) is 56.1 Å². The number of nitrogens with zero attached hydrogens (tertiary/aromatic N) is 2. The molecule has 1 heterocycles. The first kappa shape index (κ1) is 18.5. The normalized spacial score (nSPS) is 12.3. The number of amides is 1. The largest absolute Gasteiger partial charge is 0.383 e. The summed E-state index contributed by atoms with van der Waals surface area (Å²) in [6.07, 6.45) is 0. The fourth-order valence-corrected chi connectivity index (χ4v) is 3.69. The van der Waals surface area contributed by atoms with Crippen LogP contribution in [0.15, 0.2) is 53.7 Å². The molecule has 0 radical (unpaired) electrons. The van der Waals surface area contributed by atoms with Crippen LogP contribution in [0.5, 0.6) is 0 Å². The first-order valence-corrected chi connectivity index (χ1v) is 9.52. The summed E-state index contributed by atoms with van der Waals surface area (Å²) in [5.74, 6) is 0.283. The quantitative estimate of drug-likeness (QED) is 0.647. The lowest BCUT2D eigenvalue weighted by molar-refractivity contribution is -0.119. The molecular weight excluding hydrogens is 346 g/mol. The molecule has 26 heavy (non-hydrogen) atoms. The highest BCUT2D eigenvalue weighted by molar-refractivity contribution is 7.99. The summed E-state index contributed by atoms with van der Waals surface area (Å²) in [7, 11) is 1.63. The zero-order valence-corrected chi connectivity index (χ0v) is 16.0. The number of imidazole rings is 1. The molecule has 2 aromatic carbocycles. The van der Waals surface area contributed by atoms with E-state index in [1.165, 1.54) is 17.3 Å². The Morgan fingerprint density at radius 2 is 2.08 bits per heavy atom. The molecule has 1 aromatic heterocycles. The maximum Gasteiger partial charge on any atom is 0.230 e. The van der Waals surface area contributed by atoms with Crippen molar-refractivity contribution < 1.29 is 9.53 Å². The lowest BCUT2D eigenvalue weighted by atomic mass is 10.2. The molecule has 0 saturated carbocycles. The Morgan fingerprint density at radius 3 is 2.85 bits per heavy atom. The molecule has 136 valence electrons. The average molecular weight is 369 g/mol. The van der Waals surface area contributed by atoms with E-state index < -0.39 is 0 Å². The molecule has 0 aliphatic carbocycles. The van der Waals surface area contributed by atoms with Crippen LogP contribution in [0.1, 0.15) is 12.5 Å². The first-order chi connectivity index (χ1) is 12.6. The number of para-hydroxylation sites is 2. The number of nitrogens with one attached hydrogen (secondary N) is 1. The maximum atomic E-state index is 12.2. The number of ether oxygens (including phenoxy) is 1. The molecule has 3 rings (SSSR count). The second-order valence-electron chi connectivity index (χ2n) is 6.27. The second-order valence-corrected chi connectivity index (χ2v) is 7.21. The molecule has 6 heteroatoms. The van der Waals surface area contributed by atoms with Gasteiger partial charge in [0, 0.05) is 18.8 Å². The molecule has 5 nitrogen and oxygen atoms in total. The number of benzene rings is 2.